The zero-order valence-corrected chi connectivity index (χ0v) is 22.6. The molecule has 0 bridgehead atoms. The van der Waals surface area contributed by atoms with Crippen molar-refractivity contribution in [1.82, 2.24) is 29.5 Å². The average Bonchev–Trinajstić information content (AvgIpc) is 3.38. The molecule has 4 aromatic rings. The Hall–Kier alpha value is -4.02. The highest BCUT2D eigenvalue weighted by Gasteiger charge is 2.17. The fourth-order valence-electron chi connectivity index (χ4n) is 4.94. The summed E-state index contributed by atoms with van der Waals surface area (Å²) in [4.78, 5) is 26.4. The molecule has 39 heavy (non-hydrogen) atoms. The number of piperazine rings is 1. The number of nitrogens with zero attached hydrogens (tertiary/aromatic N) is 5. The van der Waals surface area contributed by atoms with E-state index in [1.807, 2.05) is 36.6 Å². The van der Waals surface area contributed by atoms with E-state index in [1.165, 1.54) is 13.2 Å². The van der Waals surface area contributed by atoms with Gasteiger partial charge in [0.2, 0.25) is 0 Å². The molecule has 0 unspecified atom stereocenters. The quantitative estimate of drug-likeness (QED) is 0.338. The third kappa shape index (κ3) is 5.86. The van der Waals surface area contributed by atoms with Crippen LogP contribution in [0.15, 0.2) is 55.0 Å². The van der Waals surface area contributed by atoms with Crippen molar-refractivity contribution in [3.63, 3.8) is 0 Å². The summed E-state index contributed by atoms with van der Waals surface area (Å²) in [6, 6.07) is 10.5. The lowest BCUT2D eigenvalue weighted by atomic mass is 10.1. The Bertz CT molecular complexity index is 1470. The summed E-state index contributed by atoms with van der Waals surface area (Å²) < 4.78 is 21.2. The highest BCUT2D eigenvalue weighted by atomic mass is 19.1. The predicted octanol–water partition coefficient (Wildman–Crippen LogP) is 3.96. The van der Waals surface area contributed by atoms with Gasteiger partial charge in [0, 0.05) is 69.0 Å². The molecule has 1 fully saturated rings. The van der Waals surface area contributed by atoms with Crippen LogP contribution in [0.4, 0.5) is 15.9 Å². The van der Waals surface area contributed by atoms with Crippen LogP contribution in [0.5, 0.6) is 5.75 Å². The number of nitrogens with one attached hydrogen (secondary N) is 2. The van der Waals surface area contributed by atoms with Gasteiger partial charge >= 0.3 is 0 Å². The van der Waals surface area contributed by atoms with E-state index in [-0.39, 0.29) is 11.7 Å². The highest BCUT2D eigenvalue weighted by Crippen LogP contribution is 2.29. The SMILES string of the molecule is COc1ccc(-c2cnc3c(Nc4ccc(C(=O)N(C)CCCN5CCNCC5)c(C)c4)nccn23)cc1F. The van der Waals surface area contributed by atoms with Crippen molar-refractivity contribution in [3.05, 3.63) is 71.9 Å². The summed E-state index contributed by atoms with van der Waals surface area (Å²) in [6.07, 6.45) is 6.09. The fraction of sp³-hybridized carbons (Fsp3) is 0.345. The van der Waals surface area contributed by atoms with Crippen LogP contribution in [0.3, 0.4) is 0 Å². The number of hydrogen-bond acceptors (Lipinski definition) is 7. The summed E-state index contributed by atoms with van der Waals surface area (Å²) in [5, 5.41) is 6.69. The lowest BCUT2D eigenvalue weighted by molar-refractivity contribution is 0.0787. The molecule has 0 aliphatic carbocycles. The van der Waals surface area contributed by atoms with Gasteiger partial charge in [0.1, 0.15) is 0 Å². The lowest BCUT2D eigenvalue weighted by Gasteiger charge is -2.28. The minimum absolute atomic E-state index is 0.0178. The molecule has 2 aromatic heterocycles. The van der Waals surface area contributed by atoms with E-state index in [0.29, 0.717) is 29.1 Å². The number of imidazole rings is 1. The fourth-order valence-corrected chi connectivity index (χ4v) is 4.94. The van der Waals surface area contributed by atoms with E-state index in [0.717, 1.165) is 56.1 Å². The van der Waals surface area contributed by atoms with Crippen molar-refractivity contribution >= 4 is 23.1 Å². The number of fused-ring (bicyclic) bond motifs is 1. The molecule has 1 aliphatic heterocycles. The average molecular weight is 532 g/mol. The minimum Gasteiger partial charge on any atom is -0.494 e. The molecule has 2 aromatic carbocycles. The number of hydrogen-bond donors (Lipinski definition) is 2. The number of carbonyl (C=O) groups excluding carboxylic acids is 1. The number of methoxy groups -OCH3 is 1. The smallest absolute Gasteiger partial charge is 0.253 e. The first-order chi connectivity index (χ1) is 18.9. The van der Waals surface area contributed by atoms with Crippen molar-refractivity contribution in [3.8, 4) is 17.0 Å². The lowest BCUT2D eigenvalue weighted by Crippen LogP contribution is -2.44. The van der Waals surface area contributed by atoms with Crippen molar-refractivity contribution in [2.45, 2.75) is 13.3 Å². The summed E-state index contributed by atoms with van der Waals surface area (Å²) in [7, 11) is 3.30. The summed E-state index contributed by atoms with van der Waals surface area (Å²) in [5.41, 5.74) is 4.37. The van der Waals surface area contributed by atoms with E-state index in [1.54, 1.807) is 35.6 Å². The van der Waals surface area contributed by atoms with Crippen LogP contribution in [-0.4, -0.2) is 83.5 Å². The molecular weight excluding hydrogens is 497 g/mol. The second-order valence-electron chi connectivity index (χ2n) is 9.79. The van der Waals surface area contributed by atoms with E-state index in [4.69, 9.17) is 4.74 Å². The number of halogens is 1. The third-order valence-corrected chi connectivity index (χ3v) is 7.12. The Morgan fingerprint density at radius 2 is 2.00 bits per heavy atom. The molecule has 1 saturated heterocycles. The minimum atomic E-state index is -0.437. The molecule has 3 heterocycles. The molecule has 204 valence electrons. The Labute approximate surface area is 227 Å². The molecule has 0 saturated carbocycles. The van der Waals surface area contributed by atoms with Crippen LogP contribution in [-0.2, 0) is 0 Å². The molecule has 10 heteroatoms. The summed E-state index contributed by atoms with van der Waals surface area (Å²) >= 11 is 0. The third-order valence-electron chi connectivity index (χ3n) is 7.12. The van der Waals surface area contributed by atoms with E-state index in [9.17, 15) is 9.18 Å². The standard InChI is InChI=1S/C29H34FN7O2/c1-20-17-22(6-7-23(20)29(38)35(2)12-4-13-36-14-9-31-10-15-36)34-27-28-33-19-25(37(28)16-11-32-27)21-5-8-26(39-3)24(30)18-21/h5-8,11,16-19,31H,4,9-10,12-15H2,1-3H3,(H,32,34). The Balaban J connectivity index is 1.27. The van der Waals surface area contributed by atoms with E-state index >= 15 is 0 Å². The number of amides is 1. The number of carbonyl (C=O) groups is 1. The van der Waals surface area contributed by atoms with Gasteiger partial charge in [-0.2, -0.15) is 0 Å². The number of benzene rings is 2. The Morgan fingerprint density at radius 1 is 1.18 bits per heavy atom. The maximum absolute atomic E-state index is 14.3. The largest absolute Gasteiger partial charge is 0.494 e. The van der Waals surface area contributed by atoms with E-state index in [2.05, 4.69) is 25.5 Å². The van der Waals surface area contributed by atoms with Gasteiger partial charge in [-0.3, -0.25) is 9.20 Å². The number of aromatic nitrogens is 3. The van der Waals surface area contributed by atoms with Crippen molar-refractivity contribution in [1.29, 1.82) is 0 Å². The van der Waals surface area contributed by atoms with Gasteiger partial charge in [0.15, 0.2) is 23.0 Å². The van der Waals surface area contributed by atoms with Crippen LogP contribution in [0.25, 0.3) is 16.9 Å². The molecular formula is C29H34FN7O2. The molecule has 2 N–H and O–H groups in total. The molecule has 1 amide bonds. The maximum atomic E-state index is 14.3. The molecule has 0 atom stereocenters. The second kappa shape index (κ2) is 11.8. The van der Waals surface area contributed by atoms with Gasteiger partial charge in [-0.15, -0.1) is 0 Å². The molecule has 0 radical (unpaired) electrons. The monoisotopic (exact) mass is 531 g/mol. The van der Waals surface area contributed by atoms with Gasteiger partial charge in [-0.05, 0) is 61.9 Å². The van der Waals surface area contributed by atoms with Crippen LogP contribution in [0.2, 0.25) is 0 Å². The molecule has 0 spiro atoms. The van der Waals surface area contributed by atoms with Crippen LogP contribution in [0.1, 0.15) is 22.3 Å². The Morgan fingerprint density at radius 3 is 2.74 bits per heavy atom. The van der Waals surface area contributed by atoms with Crippen LogP contribution < -0.4 is 15.4 Å². The van der Waals surface area contributed by atoms with E-state index < -0.39 is 5.82 Å². The van der Waals surface area contributed by atoms with Crippen LogP contribution in [0, 0.1) is 12.7 Å². The first kappa shape index (κ1) is 26.6. The van der Waals surface area contributed by atoms with Gasteiger partial charge in [0.05, 0.1) is 19.0 Å². The van der Waals surface area contributed by atoms with Gasteiger partial charge < -0.3 is 25.2 Å². The summed E-state index contributed by atoms with van der Waals surface area (Å²) in [6.45, 7) is 7.84. The Kier molecular flexibility index (Phi) is 8.04. The van der Waals surface area contributed by atoms with Gasteiger partial charge in [0.25, 0.3) is 5.91 Å². The highest BCUT2D eigenvalue weighted by molar-refractivity contribution is 5.96. The van der Waals surface area contributed by atoms with Crippen molar-refractivity contribution in [2.75, 3.05) is 58.7 Å². The maximum Gasteiger partial charge on any atom is 0.253 e. The van der Waals surface area contributed by atoms with Crippen molar-refractivity contribution in [2.24, 2.45) is 0 Å². The van der Waals surface area contributed by atoms with Crippen molar-refractivity contribution < 1.29 is 13.9 Å². The zero-order valence-electron chi connectivity index (χ0n) is 22.6. The number of ether oxygens (including phenoxy) is 1. The molecule has 9 nitrogen and oxygen atoms in total. The van der Waals surface area contributed by atoms with Gasteiger partial charge in [-0.1, -0.05) is 0 Å². The number of anilines is 2. The predicted molar refractivity (Wildman–Crippen MR) is 150 cm³/mol. The summed E-state index contributed by atoms with van der Waals surface area (Å²) in [5.74, 6) is 0.327. The van der Waals surface area contributed by atoms with Gasteiger partial charge in [-0.25, -0.2) is 14.4 Å². The first-order valence-corrected chi connectivity index (χ1v) is 13.2. The number of aryl methyl sites for hydroxylation is 1. The molecule has 1 aliphatic rings. The first-order valence-electron chi connectivity index (χ1n) is 13.2. The topological polar surface area (TPSA) is 87.0 Å². The van der Waals surface area contributed by atoms with Crippen LogP contribution >= 0.6 is 0 Å². The second-order valence-corrected chi connectivity index (χ2v) is 9.79. The zero-order chi connectivity index (χ0) is 27.4. The molecule has 5 rings (SSSR count). The number of rotatable bonds is 9. The normalized spacial score (nSPS) is 13.9.